The maximum atomic E-state index is 15.0. The molecular weight excluding hydrogens is 582 g/mol. The fraction of sp³-hybridized carbons (Fsp3) is 0.444. The summed E-state index contributed by atoms with van der Waals surface area (Å²) >= 11 is 0. The third-order valence-corrected chi connectivity index (χ3v) is 9.11. The highest BCUT2D eigenvalue weighted by Gasteiger charge is 2.46. The van der Waals surface area contributed by atoms with Crippen molar-refractivity contribution in [2.24, 2.45) is 5.92 Å². The number of benzene rings is 3. The van der Waals surface area contributed by atoms with E-state index in [2.05, 4.69) is 26.1 Å². The number of likely N-dealkylation sites (tertiary alicyclic amines) is 2. The second kappa shape index (κ2) is 12.9. The lowest BCUT2D eigenvalue weighted by molar-refractivity contribution is -0.177. The molecule has 2 amide bonds. The van der Waals surface area contributed by atoms with Crippen LogP contribution in [0.2, 0.25) is 0 Å². The number of aryl methyl sites for hydroxylation is 1. The Morgan fingerprint density at radius 2 is 1.60 bits per heavy atom. The van der Waals surface area contributed by atoms with E-state index in [1.54, 1.807) is 48.2 Å². The normalized spacial score (nSPS) is 21.2. The van der Waals surface area contributed by atoms with Crippen LogP contribution in [0.1, 0.15) is 85.1 Å². The largest absolute Gasteiger partial charge is 0.404 e. The quantitative estimate of drug-likeness (QED) is 0.282. The number of nitrogens with zero attached hydrogens (tertiary/aromatic N) is 2. The average Bonchev–Trinajstić information content (AvgIpc) is 3.46. The second-order valence-electron chi connectivity index (χ2n) is 13.4. The van der Waals surface area contributed by atoms with Gasteiger partial charge in [0.2, 0.25) is 5.91 Å². The molecule has 45 heavy (non-hydrogen) atoms. The number of nitrogens with one attached hydrogen (secondary N) is 1. The molecule has 2 aliphatic heterocycles. The SMILES string of the molecule is Cc1cccc(F)c1C(=O)N1CCC[C@H](C(=O)Nc2cccc(C(C)(C)C)c2)[C@@H]1c1ccc(CN2CCCC2C(F)(F)F)cc1. The minimum absolute atomic E-state index is 0.0229. The smallest absolute Gasteiger partial charge is 0.331 e. The van der Waals surface area contributed by atoms with Crippen LogP contribution in [0.15, 0.2) is 66.7 Å². The van der Waals surface area contributed by atoms with Gasteiger partial charge < -0.3 is 10.2 Å². The predicted octanol–water partition coefficient (Wildman–Crippen LogP) is 8.19. The fourth-order valence-corrected chi connectivity index (χ4v) is 6.70. The molecule has 3 aromatic carbocycles. The van der Waals surface area contributed by atoms with Crippen LogP contribution in [-0.4, -0.2) is 46.9 Å². The standard InChI is InChI=1S/C36H41F4N3O2/c1-23-9-5-13-29(37)31(23)34(45)43-20-7-12-28(33(44)41-27-11-6-10-26(21-27)35(2,3)4)32(43)25-17-15-24(16-18-25)22-42-19-8-14-30(42)36(38,39)40/h5-6,9-11,13,15-18,21,28,30,32H,7-8,12,14,19-20,22H2,1-4H3,(H,41,44)/t28-,30?,32-/m0/s1. The number of hydrogen-bond donors (Lipinski definition) is 1. The van der Waals surface area contributed by atoms with E-state index in [0.717, 1.165) is 5.56 Å². The van der Waals surface area contributed by atoms with Gasteiger partial charge in [-0.3, -0.25) is 14.5 Å². The Labute approximate surface area is 262 Å². The Hall–Kier alpha value is -3.72. The van der Waals surface area contributed by atoms with Crippen molar-refractivity contribution in [1.82, 2.24) is 9.80 Å². The third-order valence-electron chi connectivity index (χ3n) is 9.11. The summed E-state index contributed by atoms with van der Waals surface area (Å²) in [5, 5.41) is 3.06. The number of carbonyl (C=O) groups excluding carboxylic acids is 2. The summed E-state index contributed by atoms with van der Waals surface area (Å²) in [4.78, 5) is 31.0. The van der Waals surface area contributed by atoms with Crippen molar-refractivity contribution < 1.29 is 27.2 Å². The van der Waals surface area contributed by atoms with Gasteiger partial charge in [-0.05, 0) is 85.0 Å². The van der Waals surface area contributed by atoms with E-state index in [0.29, 0.717) is 54.7 Å². The lowest BCUT2D eigenvalue weighted by Gasteiger charge is -2.41. The second-order valence-corrected chi connectivity index (χ2v) is 13.4. The molecule has 1 N–H and O–H groups in total. The molecule has 240 valence electrons. The van der Waals surface area contributed by atoms with E-state index in [1.807, 2.05) is 24.3 Å². The van der Waals surface area contributed by atoms with Crippen LogP contribution in [0.25, 0.3) is 0 Å². The number of piperidine rings is 1. The highest BCUT2D eigenvalue weighted by molar-refractivity contribution is 5.98. The van der Waals surface area contributed by atoms with Gasteiger partial charge in [-0.1, -0.05) is 69.3 Å². The first kappa shape index (κ1) is 32.7. The van der Waals surface area contributed by atoms with Crippen LogP contribution in [-0.2, 0) is 16.8 Å². The van der Waals surface area contributed by atoms with Gasteiger partial charge >= 0.3 is 6.18 Å². The molecule has 2 heterocycles. The number of anilines is 1. The van der Waals surface area contributed by atoms with Crippen LogP contribution in [0.3, 0.4) is 0 Å². The molecular formula is C36H41F4N3O2. The van der Waals surface area contributed by atoms with Gasteiger partial charge in [0.1, 0.15) is 11.9 Å². The van der Waals surface area contributed by atoms with Gasteiger partial charge in [0.15, 0.2) is 0 Å². The average molecular weight is 624 g/mol. The highest BCUT2D eigenvalue weighted by atomic mass is 19.4. The van der Waals surface area contributed by atoms with Gasteiger partial charge in [-0.15, -0.1) is 0 Å². The zero-order valence-corrected chi connectivity index (χ0v) is 26.3. The summed E-state index contributed by atoms with van der Waals surface area (Å²) in [7, 11) is 0. The van der Waals surface area contributed by atoms with E-state index >= 15 is 4.39 Å². The van der Waals surface area contributed by atoms with Crippen molar-refractivity contribution >= 4 is 17.5 Å². The maximum Gasteiger partial charge on any atom is 0.404 e. The number of carbonyl (C=O) groups is 2. The molecule has 2 fully saturated rings. The first-order valence-corrected chi connectivity index (χ1v) is 15.6. The summed E-state index contributed by atoms with van der Waals surface area (Å²) in [5.74, 6) is -1.99. The molecule has 2 aliphatic rings. The molecule has 0 radical (unpaired) electrons. The zero-order valence-electron chi connectivity index (χ0n) is 26.3. The Bertz CT molecular complexity index is 1510. The van der Waals surface area contributed by atoms with Crippen LogP contribution in [0.5, 0.6) is 0 Å². The predicted molar refractivity (Wildman–Crippen MR) is 167 cm³/mol. The van der Waals surface area contributed by atoms with E-state index in [-0.39, 0.29) is 29.9 Å². The van der Waals surface area contributed by atoms with Crippen molar-refractivity contribution in [3.05, 3.63) is 100 Å². The van der Waals surface area contributed by atoms with Gasteiger partial charge in [-0.25, -0.2) is 4.39 Å². The molecule has 0 aliphatic carbocycles. The minimum atomic E-state index is -4.28. The number of rotatable bonds is 6. The molecule has 1 unspecified atom stereocenters. The molecule has 0 spiro atoms. The van der Waals surface area contributed by atoms with Gasteiger partial charge in [-0.2, -0.15) is 13.2 Å². The van der Waals surface area contributed by atoms with E-state index in [4.69, 9.17) is 0 Å². The van der Waals surface area contributed by atoms with Crippen LogP contribution in [0, 0.1) is 18.7 Å². The summed E-state index contributed by atoms with van der Waals surface area (Å²) in [5.41, 5.74) is 3.47. The summed E-state index contributed by atoms with van der Waals surface area (Å²) in [6.45, 7) is 8.83. The van der Waals surface area contributed by atoms with E-state index < -0.39 is 35.9 Å². The molecule has 2 saturated heterocycles. The van der Waals surface area contributed by atoms with Crippen LogP contribution >= 0.6 is 0 Å². The Morgan fingerprint density at radius 3 is 2.27 bits per heavy atom. The molecule has 5 nitrogen and oxygen atoms in total. The van der Waals surface area contributed by atoms with Crippen LogP contribution < -0.4 is 5.32 Å². The zero-order chi connectivity index (χ0) is 32.5. The van der Waals surface area contributed by atoms with Gasteiger partial charge in [0.25, 0.3) is 5.91 Å². The molecule has 3 aromatic rings. The topological polar surface area (TPSA) is 52.7 Å². The molecule has 0 aromatic heterocycles. The van der Waals surface area contributed by atoms with Crippen molar-refractivity contribution in [3.63, 3.8) is 0 Å². The highest BCUT2D eigenvalue weighted by Crippen LogP contribution is 2.39. The molecule has 5 rings (SSSR count). The fourth-order valence-electron chi connectivity index (χ4n) is 6.70. The molecule has 0 saturated carbocycles. The van der Waals surface area contributed by atoms with Gasteiger partial charge in [0, 0.05) is 18.8 Å². The van der Waals surface area contributed by atoms with Crippen molar-refractivity contribution in [2.45, 2.75) is 83.6 Å². The summed E-state index contributed by atoms with van der Waals surface area (Å²) < 4.78 is 55.7. The monoisotopic (exact) mass is 623 g/mol. The van der Waals surface area contributed by atoms with Crippen molar-refractivity contribution in [2.75, 3.05) is 18.4 Å². The molecule has 9 heteroatoms. The van der Waals surface area contributed by atoms with E-state index in [1.165, 1.54) is 11.0 Å². The van der Waals surface area contributed by atoms with Crippen molar-refractivity contribution in [3.8, 4) is 0 Å². The lowest BCUT2D eigenvalue weighted by Crippen LogP contribution is -2.46. The summed E-state index contributed by atoms with van der Waals surface area (Å²) in [6, 6.07) is 17.2. The number of amides is 2. The summed E-state index contributed by atoms with van der Waals surface area (Å²) in [6.07, 6.45) is -2.63. The first-order valence-electron chi connectivity index (χ1n) is 15.6. The molecule has 3 atom stereocenters. The Morgan fingerprint density at radius 1 is 0.911 bits per heavy atom. The molecule has 0 bridgehead atoms. The van der Waals surface area contributed by atoms with Gasteiger partial charge in [0.05, 0.1) is 17.5 Å². The Kier molecular flexibility index (Phi) is 9.40. The number of hydrogen-bond acceptors (Lipinski definition) is 3. The Balaban J connectivity index is 1.46. The van der Waals surface area contributed by atoms with Crippen molar-refractivity contribution in [1.29, 1.82) is 0 Å². The number of halogens is 4. The third kappa shape index (κ3) is 7.24. The van der Waals surface area contributed by atoms with E-state index in [9.17, 15) is 22.8 Å². The lowest BCUT2D eigenvalue weighted by atomic mass is 9.82. The minimum Gasteiger partial charge on any atom is -0.331 e. The van der Waals surface area contributed by atoms with Crippen LogP contribution in [0.4, 0.5) is 23.2 Å². The first-order chi connectivity index (χ1) is 21.2. The maximum absolute atomic E-state index is 15.0. The number of alkyl halides is 3.